The fourth-order valence-corrected chi connectivity index (χ4v) is 12.2. The summed E-state index contributed by atoms with van der Waals surface area (Å²) >= 11 is 6.07. The summed E-state index contributed by atoms with van der Waals surface area (Å²) in [5.41, 5.74) is 2.99. The van der Waals surface area contributed by atoms with Gasteiger partial charge in [-0.15, -0.1) is 0 Å². The topological polar surface area (TPSA) is 66.4 Å². The average Bonchev–Trinajstić information content (AvgIpc) is 3.26. The fraction of sp³-hybridized carbons (Fsp3) is 0.737. The zero-order valence-corrected chi connectivity index (χ0v) is 28.4. The maximum Gasteiger partial charge on any atom is 0.160 e. The van der Waals surface area contributed by atoms with Crippen molar-refractivity contribution < 1.29 is 14.7 Å². The number of ketones is 2. The van der Waals surface area contributed by atoms with Crippen molar-refractivity contribution in [3.8, 4) is 0 Å². The Morgan fingerprint density at radius 2 is 1.63 bits per heavy atom. The molecule has 43 heavy (non-hydrogen) atoms. The van der Waals surface area contributed by atoms with Crippen LogP contribution in [0.25, 0.3) is 0 Å². The summed E-state index contributed by atoms with van der Waals surface area (Å²) < 4.78 is 0. The molecule has 1 aromatic rings. The molecule has 0 bridgehead atoms. The SMILES string of the molecule is CC(C)C1=C2C3CCC4[C@@]5(C)CCC(O)C(C)(C)C5CC[C@@]4(C)[C@]3(C)CC[C@@]2(C(=O)CNCc2ccc(Cl)cc2)CC1=O. The molecule has 4 unspecified atom stereocenters. The predicted molar refractivity (Wildman–Crippen MR) is 174 cm³/mol. The van der Waals surface area contributed by atoms with Crippen LogP contribution in [0.2, 0.25) is 5.02 Å². The summed E-state index contributed by atoms with van der Waals surface area (Å²) in [6, 6.07) is 7.75. The van der Waals surface area contributed by atoms with Crippen LogP contribution in [-0.4, -0.2) is 29.3 Å². The molecule has 2 N–H and O–H groups in total. The zero-order chi connectivity index (χ0) is 31.2. The lowest BCUT2D eigenvalue weighted by atomic mass is 9.33. The van der Waals surface area contributed by atoms with Crippen LogP contribution < -0.4 is 5.32 Å². The van der Waals surface area contributed by atoms with Crippen LogP contribution in [0.4, 0.5) is 0 Å². The minimum atomic E-state index is -0.658. The quantitative estimate of drug-likeness (QED) is 0.341. The average molecular weight is 608 g/mol. The lowest BCUT2D eigenvalue weighted by molar-refractivity contribution is -0.228. The summed E-state index contributed by atoms with van der Waals surface area (Å²) in [6.07, 6.45) is 8.45. The van der Waals surface area contributed by atoms with Crippen molar-refractivity contribution >= 4 is 23.2 Å². The Bertz CT molecular complexity index is 1330. The number of rotatable bonds is 6. The molecule has 8 atom stereocenters. The Hall–Kier alpha value is -1.49. The van der Waals surface area contributed by atoms with Crippen molar-refractivity contribution in [1.29, 1.82) is 0 Å². The van der Waals surface area contributed by atoms with Crippen molar-refractivity contribution in [3.05, 3.63) is 46.0 Å². The van der Waals surface area contributed by atoms with E-state index in [0.717, 1.165) is 56.1 Å². The molecule has 0 radical (unpaired) electrons. The molecule has 5 aliphatic carbocycles. The Morgan fingerprint density at radius 3 is 2.30 bits per heavy atom. The number of carbonyl (C=O) groups excluding carboxylic acids is 2. The van der Waals surface area contributed by atoms with E-state index >= 15 is 0 Å². The van der Waals surface area contributed by atoms with Gasteiger partial charge in [-0.25, -0.2) is 0 Å². The van der Waals surface area contributed by atoms with E-state index in [0.29, 0.717) is 29.8 Å². The van der Waals surface area contributed by atoms with Crippen LogP contribution in [-0.2, 0) is 16.1 Å². The third-order valence-corrected chi connectivity index (χ3v) is 14.7. The smallest absolute Gasteiger partial charge is 0.160 e. The van der Waals surface area contributed by atoms with Crippen LogP contribution in [0.1, 0.15) is 112 Å². The molecule has 0 saturated heterocycles. The van der Waals surface area contributed by atoms with Gasteiger partial charge in [-0.2, -0.15) is 0 Å². The largest absolute Gasteiger partial charge is 0.393 e. The number of hydrogen-bond acceptors (Lipinski definition) is 4. The molecule has 5 heteroatoms. The molecule has 6 rings (SSSR count). The van der Waals surface area contributed by atoms with Gasteiger partial charge in [0.05, 0.1) is 18.1 Å². The van der Waals surface area contributed by atoms with Gasteiger partial charge >= 0.3 is 0 Å². The van der Waals surface area contributed by atoms with Crippen molar-refractivity contribution in [2.75, 3.05) is 6.54 Å². The summed E-state index contributed by atoms with van der Waals surface area (Å²) in [4.78, 5) is 28.2. The number of aliphatic hydroxyl groups is 1. The monoisotopic (exact) mass is 607 g/mol. The van der Waals surface area contributed by atoms with Crippen LogP contribution >= 0.6 is 11.6 Å². The Morgan fingerprint density at radius 1 is 0.930 bits per heavy atom. The first-order chi connectivity index (χ1) is 20.1. The number of carbonyl (C=O) groups is 2. The lowest BCUT2D eigenvalue weighted by Crippen LogP contribution is -2.66. The molecule has 0 heterocycles. The van der Waals surface area contributed by atoms with Crippen molar-refractivity contribution in [2.24, 2.45) is 50.7 Å². The van der Waals surface area contributed by atoms with Crippen molar-refractivity contribution in [2.45, 2.75) is 119 Å². The fourth-order valence-electron chi connectivity index (χ4n) is 12.0. The highest BCUT2D eigenvalue weighted by Crippen LogP contribution is 2.76. The van der Waals surface area contributed by atoms with E-state index in [4.69, 9.17) is 11.6 Å². The van der Waals surface area contributed by atoms with Gasteiger partial charge in [0, 0.05) is 18.0 Å². The molecule has 4 fully saturated rings. The van der Waals surface area contributed by atoms with E-state index in [2.05, 4.69) is 53.8 Å². The van der Waals surface area contributed by atoms with Gasteiger partial charge in [0.15, 0.2) is 11.6 Å². The van der Waals surface area contributed by atoms with Crippen LogP contribution in [0, 0.1) is 50.7 Å². The maximum atomic E-state index is 14.3. The van der Waals surface area contributed by atoms with Gasteiger partial charge in [-0.05, 0) is 126 Å². The Kier molecular flexibility index (Phi) is 7.71. The van der Waals surface area contributed by atoms with Gasteiger partial charge < -0.3 is 10.4 Å². The molecular weight excluding hydrogens is 554 g/mol. The van der Waals surface area contributed by atoms with E-state index < -0.39 is 5.41 Å². The number of Topliss-reactive ketones (excluding diaryl/α,β-unsaturated/α-hetero) is 2. The summed E-state index contributed by atoms with van der Waals surface area (Å²) in [6.45, 7) is 17.5. The standard InChI is InChI=1S/C38H54ClNO3/c1-23(2)32-27(41)20-38(31(43)22-40-21-24-8-10-25(39)11-9-24)19-18-36(6)26(33(32)38)12-13-29-35(5)16-15-30(42)34(3,4)28(35)14-17-37(29,36)7/h8-11,23,26,28-30,40,42H,12-22H2,1-7H3/t26?,28?,29?,30?,35-,36+,37+,38-/m0/s1. The molecule has 4 saturated carbocycles. The first-order valence-corrected chi connectivity index (χ1v) is 17.4. The van der Waals surface area contributed by atoms with Gasteiger partial charge in [-0.3, -0.25) is 9.59 Å². The number of benzene rings is 1. The van der Waals surface area contributed by atoms with Gasteiger partial charge in [0.2, 0.25) is 0 Å². The van der Waals surface area contributed by atoms with E-state index in [9.17, 15) is 14.7 Å². The molecule has 1 aromatic carbocycles. The highest BCUT2D eigenvalue weighted by atomic mass is 35.5. The number of hydrogen-bond donors (Lipinski definition) is 2. The minimum Gasteiger partial charge on any atom is -0.393 e. The first-order valence-electron chi connectivity index (χ1n) is 17.1. The third-order valence-electron chi connectivity index (χ3n) is 14.5. The minimum absolute atomic E-state index is 0.0463. The number of nitrogens with one attached hydrogen (secondary N) is 1. The second-order valence-electron chi connectivity index (χ2n) is 16.8. The van der Waals surface area contributed by atoms with E-state index in [-0.39, 0.29) is 57.7 Å². The van der Waals surface area contributed by atoms with Crippen molar-refractivity contribution in [1.82, 2.24) is 5.32 Å². The number of halogens is 1. The normalized spacial score (nSPS) is 41.9. The second kappa shape index (κ2) is 10.5. The first kappa shape index (κ1) is 31.5. The summed E-state index contributed by atoms with van der Waals surface area (Å²) in [5.74, 6) is 1.93. The molecule has 5 aliphatic rings. The molecule has 0 spiro atoms. The molecule has 4 nitrogen and oxygen atoms in total. The van der Waals surface area contributed by atoms with Crippen LogP contribution in [0.3, 0.4) is 0 Å². The van der Waals surface area contributed by atoms with E-state index in [1.54, 1.807) is 0 Å². The van der Waals surface area contributed by atoms with Gasteiger partial charge in [0.1, 0.15) is 0 Å². The van der Waals surface area contributed by atoms with Crippen LogP contribution in [0.15, 0.2) is 35.4 Å². The van der Waals surface area contributed by atoms with E-state index in [1.807, 2.05) is 24.3 Å². The molecular formula is C38H54ClNO3. The molecule has 0 aliphatic heterocycles. The van der Waals surface area contributed by atoms with Crippen LogP contribution in [0.5, 0.6) is 0 Å². The summed E-state index contributed by atoms with van der Waals surface area (Å²) in [5, 5.41) is 15.2. The number of aliphatic hydroxyl groups excluding tert-OH is 1. The lowest BCUT2D eigenvalue weighted by Gasteiger charge is -2.72. The predicted octanol–water partition coefficient (Wildman–Crippen LogP) is 8.34. The number of allylic oxidation sites excluding steroid dienone is 2. The molecule has 0 amide bonds. The maximum absolute atomic E-state index is 14.3. The van der Waals surface area contributed by atoms with Crippen molar-refractivity contribution in [3.63, 3.8) is 0 Å². The second-order valence-corrected chi connectivity index (χ2v) is 17.2. The Labute approximate surface area is 264 Å². The highest BCUT2D eigenvalue weighted by molar-refractivity contribution is 6.30. The highest BCUT2D eigenvalue weighted by Gasteiger charge is 2.70. The zero-order valence-electron chi connectivity index (χ0n) is 27.6. The van der Waals surface area contributed by atoms with E-state index in [1.165, 1.54) is 12.0 Å². The Balaban J connectivity index is 1.33. The van der Waals surface area contributed by atoms with Gasteiger partial charge in [-0.1, -0.05) is 72.2 Å². The number of fused-ring (bicyclic) bond motifs is 7. The molecule has 0 aromatic heterocycles. The third kappa shape index (κ3) is 4.43. The summed E-state index contributed by atoms with van der Waals surface area (Å²) in [7, 11) is 0. The molecule has 236 valence electrons. The van der Waals surface area contributed by atoms with Gasteiger partial charge in [0.25, 0.3) is 0 Å².